The zero-order chi connectivity index (χ0) is 13.8. The number of hydrogen-bond acceptors (Lipinski definition) is 3. The van der Waals surface area contributed by atoms with Crippen molar-refractivity contribution >= 4 is 23.2 Å². The number of anilines is 1. The molecule has 2 atom stereocenters. The van der Waals surface area contributed by atoms with Crippen molar-refractivity contribution in [3.8, 4) is 0 Å². The molecular weight excluding hydrogens is 264 g/mol. The lowest BCUT2D eigenvalue weighted by atomic mass is 9.93. The van der Waals surface area contributed by atoms with Gasteiger partial charge in [-0.25, -0.2) is 0 Å². The summed E-state index contributed by atoms with van der Waals surface area (Å²) in [5, 5.41) is 3.41. The first-order valence-corrected chi connectivity index (χ1v) is 7.03. The highest BCUT2D eigenvalue weighted by Crippen LogP contribution is 2.27. The zero-order valence-electron chi connectivity index (χ0n) is 11.3. The van der Waals surface area contributed by atoms with Gasteiger partial charge in [0.15, 0.2) is 0 Å². The highest BCUT2D eigenvalue weighted by atomic mass is 35.5. The molecule has 1 saturated heterocycles. The maximum atomic E-state index is 12.2. The molecule has 0 bridgehead atoms. The Labute approximate surface area is 118 Å². The summed E-state index contributed by atoms with van der Waals surface area (Å²) in [5.74, 6) is 0.0255. The van der Waals surface area contributed by atoms with E-state index in [0.29, 0.717) is 17.3 Å². The fourth-order valence-corrected chi connectivity index (χ4v) is 2.44. The molecule has 0 spiro atoms. The Balaban J connectivity index is 2.02. The van der Waals surface area contributed by atoms with Gasteiger partial charge in [-0.3, -0.25) is 9.78 Å². The first-order valence-electron chi connectivity index (χ1n) is 6.65. The number of nitrogens with zero attached hydrogens (tertiary/aromatic N) is 1. The topological polar surface area (TPSA) is 51.2 Å². The lowest BCUT2D eigenvalue weighted by molar-refractivity contribution is -0.124. The van der Waals surface area contributed by atoms with Crippen molar-refractivity contribution in [2.24, 2.45) is 5.92 Å². The average Bonchev–Trinajstić information content (AvgIpc) is 2.44. The number of carbonyl (C=O) groups is 1. The van der Waals surface area contributed by atoms with E-state index in [1.807, 2.05) is 6.92 Å². The largest absolute Gasteiger partial charge is 0.378 e. The van der Waals surface area contributed by atoms with E-state index in [-0.39, 0.29) is 17.9 Å². The summed E-state index contributed by atoms with van der Waals surface area (Å²) in [4.78, 5) is 16.3. The number of amides is 1. The van der Waals surface area contributed by atoms with Crippen LogP contribution in [0.5, 0.6) is 0 Å². The number of pyridine rings is 1. The predicted octanol–water partition coefficient (Wildman–Crippen LogP) is 3.19. The van der Waals surface area contributed by atoms with Crippen LogP contribution in [0.2, 0.25) is 5.02 Å². The summed E-state index contributed by atoms with van der Waals surface area (Å²) in [6.45, 7) is 4.55. The minimum Gasteiger partial charge on any atom is -0.378 e. The molecule has 0 saturated carbocycles. The normalized spacial score (nSPS) is 23.1. The van der Waals surface area contributed by atoms with Gasteiger partial charge in [0, 0.05) is 18.7 Å². The van der Waals surface area contributed by atoms with Crippen LogP contribution in [0.25, 0.3) is 0 Å². The van der Waals surface area contributed by atoms with E-state index < -0.39 is 0 Å². The van der Waals surface area contributed by atoms with E-state index in [4.69, 9.17) is 16.3 Å². The van der Waals surface area contributed by atoms with Crippen LogP contribution in [-0.2, 0) is 9.53 Å². The Morgan fingerprint density at radius 1 is 1.63 bits per heavy atom. The van der Waals surface area contributed by atoms with Crippen molar-refractivity contribution in [2.75, 3.05) is 11.9 Å². The second kappa shape index (κ2) is 6.35. The molecule has 104 valence electrons. The molecule has 0 unspecified atom stereocenters. The molecule has 1 amide bonds. The van der Waals surface area contributed by atoms with Crippen LogP contribution in [0.15, 0.2) is 12.3 Å². The fraction of sp³-hybridized carbons (Fsp3) is 0.571. The van der Waals surface area contributed by atoms with Crippen LogP contribution in [0.1, 0.15) is 31.9 Å². The Kier molecular flexibility index (Phi) is 4.77. The summed E-state index contributed by atoms with van der Waals surface area (Å²) in [6.07, 6.45) is 4.34. The highest BCUT2D eigenvalue weighted by molar-refractivity contribution is 6.34. The van der Waals surface area contributed by atoms with E-state index in [2.05, 4.69) is 17.2 Å². The van der Waals surface area contributed by atoms with E-state index in [1.165, 1.54) is 0 Å². The third kappa shape index (κ3) is 3.45. The number of carbonyl (C=O) groups excluding carboxylic acids is 1. The summed E-state index contributed by atoms with van der Waals surface area (Å²) < 4.78 is 5.58. The maximum Gasteiger partial charge on any atom is 0.227 e. The molecule has 1 N–H and O–H groups in total. The molecule has 1 fully saturated rings. The van der Waals surface area contributed by atoms with E-state index >= 15 is 0 Å². The van der Waals surface area contributed by atoms with E-state index in [0.717, 1.165) is 25.0 Å². The smallest absolute Gasteiger partial charge is 0.227 e. The van der Waals surface area contributed by atoms with Gasteiger partial charge < -0.3 is 10.1 Å². The number of ether oxygens (including phenoxy) is 1. The van der Waals surface area contributed by atoms with Crippen LogP contribution in [0, 0.1) is 12.8 Å². The predicted molar refractivity (Wildman–Crippen MR) is 75.4 cm³/mol. The van der Waals surface area contributed by atoms with Crippen LogP contribution >= 0.6 is 11.6 Å². The number of halogens is 1. The van der Waals surface area contributed by atoms with Crippen LogP contribution in [-0.4, -0.2) is 23.6 Å². The maximum absolute atomic E-state index is 12.2. The SMILES string of the molecule is CC[C@H]1C[C@@H](C(=O)Nc2ccnc(C)c2Cl)CCO1. The summed E-state index contributed by atoms with van der Waals surface area (Å²) in [6, 6.07) is 1.73. The fourth-order valence-electron chi connectivity index (χ4n) is 2.28. The minimum atomic E-state index is 0.00300. The summed E-state index contributed by atoms with van der Waals surface area (Å²) in [7, 11) is 0. The molecule has 4 nitrogen and oxygen atoms in total. The second-order valence-electron chi connectivity index (χ2n) is 4.87. The molecule has 1 aromatic heterocycles. The summed E-state index contributed by atoms with van der Waals surface area (Å²) >= 11 is 6.13. The Bertz CT molecular complexity index is 465. The molecule has 1 aliphatic rings. The molecule has 1 aromatic rings. The monoisotopic (exact) mass is 282 g/mol. The van der Waals surface area contributed by atoms with Gasteiger partial charge >= 0.3 is 0 Å². The van der Waals surface area contributed by atoms with Crippen molar-refractivity contribution in [3.05, 3.63) is 23.0 Å². The molecule has 2 rings (SSSR count). The number of nitrogens with one attached hydrogen (secondary N) is 1. The van der Waals surface area contributed by atoms with Crippen molar-refractivity contribution in [1.82, 2.24) is 4.98 Å². The number of rotatable bonds is 3. The lowest BCUT2D eigenvalue weighted by Crippen LogP contribution is -2.33. The molecular formula is C14H19ClN2O2. The molecule has 1 aliphatic heterocycles. The third-order valence-corrected chi connectivity index (χ3v) is 3.99. The average molecular weight is 283 g/mol. The molecule has 5 heteroatoms. The van der Waals surface area contributed by atoms with Crippen molar-refractivity contribution in [1.29, 1.82) is 0 Å². The van der Waals surface area contributed by atoms with E-state index in [1.54, 1.807) is 12.3 Å². The van der Waals surface area contributed by atoms with Crippen molar-refractivity contribution < 1.29 is 9.53 Å². The quantitative estimate of drug-likeness (QED) is 0.926. The zero-order valence-corrected chi connectivity index (χ0v) is 12.0. The van der Waals surface area contributed by atoms with Crippen LogP contribution < -0.4 is 5.32 Å². The molecule has 0 aromatic carbocycles. The van der Waals surface area contributed by atoms with Crippen LogP contribution in [0.3, 0.4) is 0 Å². The minimum absolute atomic E-state index is 0.00300. The van der Waals surface area contributed by atoms with Crippen molar-refractivity contribution in [3.63, 3.8) is 0 Å². The van der Waals surface area contributed by atoms with Crippen molar-refractivity contribution in [2.45, 2.75) is 39.2 Å². The second-order valence-corrected chi connectivity index (χ2v) is 5.25. The Morgan fingerprint density at radius 3 is 3.16 bits per heavy atom. The third-order valence-electron chi connectivity index (χ3n) is 3.51. The van der Waals surface area contributed by atoms with Gasteiger partial charge in [-0.05, 0) is 32.3 Å². The van der Waals surface area contributed by atoms with Gasteiger partial charge in [-0.2, -0.15) is 0 Å². The van der Waals surface area contributed by atoms with Gasteiger partial charge in [-0.15, -0.1) is 0 Å². The van der Waals surface area contributed by atoms with E-state index in [9.17, 15) is 4.79 Å². The highest BCUT2D eigenvalue weighted by Gasteiger charge is 2.27. The molecule has 2 heterocycles. The van der Waals surface area contributed by atoms with Gasteiger partial charge in [0.1, 0.15) is 0 Å². The number of aromatic nitrogens is 1. The Morgan fingerprint density at radius 2 is 2.42 bits per heavy atom. The molecule has 19 heavy (non-hydrogen) atoms. The van der Waals surface area contributed by atoms with Gasteiger partial charge in [-0.1, -0.05) is 18.5 Å². The van der Waals surface area contributed by atoms with Crippen LogP contribution in [0.4, 0.5) is 5.69 Å². The molecule has 0 aliphatic carbocycles. The number of hydrogen-bond donors (Lipinski definition) is 1. The summed E-state index contributed by atoms with van der Waals surface area (Å²) in [5.41, 5.74) is 1.36. The number of aryl methyl sites for hydroxylation is 1. The first-order chi connectivity index (χ1) is 9.11. The lowest BCUT2D eigenvalue weighted by Gasteiger charge is -2.28. The van der Waals surface area contributed by atoms with Gasteiger partial charge in [0.05, 0.1) is 22.5 Å². The molecule has 0 radical (unpaired) electrons. The van der Waals surface area contributed by atoms with Gasteiger partial charge in [0.25, 0.3) is 0 Å². The Hall–Kier alpha value is -1.13. The van der Waals surface area contributed by atoms with Gasteiger partial charge in [0.2, 0.25) is 5.91 Å². The first kappa shape index (κ1) is 14.3. The standard InChI is InChI=1S/C14H19ClN2O2/c1-3-11-8-10(5-7-19-11)14(18)17-12-4-6-16-9(2)13(12)15/h4,6,10-11H,3,5,7-8H2,1-2H3,(H,16,17,18)/t10-,11-/m0/s1.